The second-order valence-corrected chi connectivity index (χ2v) is 14.1. The number of hydrogen-bond acceptors (Lipinski definition) is 1. The van der Waals surface area contributed by atoms with Crippen molar-refractivity contribution in [2.75, 3.05) is 0 Å². The van der Waals surface area contributed by atoms with E-state index in [1.165, 1.54) is 88.0 Å². The van der Waals surface area contributed by atoms with Crippen LogP contribution in [0.2, 0.25) is 0 Å². The second-order valence-electron chi connectivity index (χ2n) is 14.1. The molecule has 0 bridgehead atoms. The highest BCUT2D eigenvalue weighted by Gasteiger charge is 2.25. The van der Waals surface area contributed by atoms with E-state index in [4.69, 9.17) is 4.98 Å². The summed E-state index contributed by atoms with van der Waals surface area (Å²) in [6.07, 6.45) is 0.861. The van der Waals surface area contributed by atoms with Gasteiger partial charge in [-0.15, -0.1) is 0 Å². The van der Waals surface area contributed by atoms with Gasteiger partial charge in [-0.1, -0.05) is 153 Å². The fourth-order valence-electron chi connectivity index (χ4n) is 8.99. The van der Waals surface area contributed by atoms with Gasteiger partial charge in [-0.3, -0.25) is 4.57 Å². The van der Waals surface area contributed by atoms with Crippen molar-refractivity contribution >= 4 is 43.4 Å². The van der Waals surface area contributed by atoms with Gasteiger partial charge in [0.25, 0.3) is 0 Å². The molecule has 10 aromatic rings. The number of imidazole rings is 1. The number of benzene rings is 9. The fraction of sp³-hybridized carbons (Fsp3) is 0.0392. The summed E-state index contributed by atoms with van der Waals surface area (Å²) in [6, 6.07) is 64.8. The molecule has 1 aliphatic rings. The largest absolute Gasteiger partial charge is 0.296 e. The molecule has 0 saturated heterocycles. The van der Waals surface area contributed by atoms with Crippen molar-refractivity contribution in [3.63, 3.8) is 0 Å². The molecule has 0 N–H and O–H groups in total. The Bertz CT molecular complexity index is 3050. The van der Waals surface area contributed by atoms with Crippen LogP contribution in [-0.2, 0) is 6.42 Å². The standard InChI is InChI=1S/C51H34N2/c1-2-48-52-46-21-10-11-22-47(46)53(48)35-26-23-33(24-27-35)49-39-17-8-9-18-40(39)51(45-31-34(25-28-44(45)49)32-13-4-3-5-14-32)43-30-29-42-37-16-7-6-15-36(37)38-19-12-20-41(43)50(38)42/h3-31H,2H2,1H3. The van der Waals surface area contributed by atoms with Gasteiger partial charge >= 0.3 is 0 Å². The van der Waals surface area contributed by atoms with Crippen molar-refractivity contribution < 1.29 is 0 Å². The summed E-state index contributed by atoms with van der Waals surface area (Å²) in [7, 11) is 0. The molecule has 1 aromatic heterocycles. The molecule has 1 aliphatic carbocycles. The van der Waals surface area contributed by atoms with Crippen LogP contribution in [0, 0.1) is 0 Å². The number of para-hydroxylation sites is 2. The van der Waals surface area contributed by atoms with E-state index in [2.05, 4.69) is 187 Å². The van der Waals surface area contributed by atoms with Gasteiger partial charge in [0.1, 0.15) is 5.82 Å². The third-order valence-corrected chi connectivity index (χ3v) is 11.3. The second kappa shape index (κ2) is 11.6. The van der Waals surface area contributed by atoms with E-state index in [-0.39, 0.29) is 0 Å². The maximum absolute atomic E-state index is 4.95. The Labute approximate surface area is 308 Å². The summed E-state index contributed by atoms with van der Waals surface area (Å²) in [5.41, 5.74) is 16.0. The van der Waals surface area contributed by atoms with Crippen LogP contribution in [0.4, 0.5) is 0 Å². The van der Waals surface area contributed by atoms with Gasteiger partial charge in [-0.05, 0) is 118 Å². The molecular formula is C51H34N2. The Morgan fingerprint density at radius 3 is 1.81 bits per heavy atom. The highest BCUT2D eigenvalue weighted by atomic mass is 15.1. The molecule has 11 rings (SSSR count). The van der Waals surface area contributed by atoms with Crippen molar-refractivity contribution in [2.24, 2.45) is 0 Å². The van der Waals surface area contributed by atoms with Crippen molar-refractivity contribution in [3.05, 3.63) is 182 Å². The Kier molecular flexibility index (Phi) is 6.56. The molecule has 9 aromatic carbocycles. The van der Waals surface area contributed by atoms with Crippen LogP contribution in [0.1, 0.15) is 12.7 Å². The zero-order chi connectivity index (χ0) is 35.0. The van der Waals surface area contributed by atoms with Crippen molar-refractivity contribution in [1.29, 1.82) is 0 Å². The summed E-state index contributed by atoms with van der Waals surface area (Å²) in [4.78, 5) is 4.95. The molecule has 0 amide bonds. The molecule has 0 saturated carbocycles. The van der Waals surface area contributed by atoms with E-state index >= 15 is 0 Å². The lowest BCUT2D eigenvalue weighted by molar-refractivity contribution is 0.908. The maximum atomic E-state index is 4.95. The number of rotatable bonds is 5. The summed E-state index contributed by atoms with van der Waals surface area (Å²) in [5, 5.41) is 7.66. The van der Waals surface area contributed by atoms with Crippen LogP contribution < -0.4 is 0 Å². The average molecular weight is 675 g/mol. The smallest absolute Gasteiger partial charge is 0.114 e. The zero-order valence-electron chi connectivity index (χ0n) is 29.3. The predicted molar refractivity (Wildman–Crippen MR) is 224 cm³/mol. The van der Waals surface area contributed by atoms with Crippen LogP contribution in [0.3, 0.4) is 0 Å². The van der Waals surface area contributed by atoms with Gasteiger partial charge in [0.15, 0.2) is 0 Å². The van der Waals surface area contributed by atoms with Crippen LogP contribution in [0.15, 0.2) is 176 Å². The minimum Gasteiger partial charge on any atom is -0.296 e. The number of fused-ring (bicyclic) bond motifs is 6. The molecule has 0 atom stereocenters. The van der Waals surface area contributed by atoms with E-state index in [0.717, 1.165) is 29.0 Å². The SMILES string of the molecule is CCc1nc2ccccc2n1-c1ccc(-c2c3ccccc3c(-c3ccc4c5c(cccc35)-c3ccccc3-4)c3cc(-c4ccccc4)ccc23)cc1. The highest BCUT2D eigenvalue weighted by molar-refractivity contribution is 6.26. The number of nitrogens with zero attached hydrogens (tertiary/aromatic N) is 2. The quantitative estimate of drug-likeness (QED) is 0.166. The van der Waals surface area contributed by atoms with E-state index in [9.17, 15) is 0 Å². The maximum Gasteiger partial charge on any atom is 0.114 e. The first-order valence-corrected chi connectivity index (χ1v) is 18.5. The van der Waals surface area contributed by atoms with Gasteiger partial charge in [0.05, 0.1) is 11.0 Å². The van der Waals surface area contributed by atoms with E-state index in [0.29, 0.717) is 0 Å². The van der Waals surface area contributed by atoms with Gasteiger partial charge in [-0.25, -0.2) is 4.98 Å². The Morgan fingerprint density at radius 1 is 0.415 bits per heavy atom. The van der Waals surface area contributed by atoms with Crippen LogP contribution >= 0.6 is 0 Å². The van der Waals surface area contributed by atoms with Crippen molar-refractivity contribution in [1.82, 2.24) is 9.55 Å². The number of hydrogen-bond donors (Lipinski definition) is 0. The van der Waals surface area contributed by atoms with Crippen molar-refractivity contribution in [2.45, 2.75) is 13.3 Å². The molecular weight excluding hydrogens is 641 g/mol. The molecule has 1 heterocycles. The van der Waals surface area contributed by atoms with E-state index in [1.807, 2.05) is 0 Å². The highest BCUT2D eigenvalue weighted by Crippen LogP contribution is 2.52. The molecule has 0 aliphatic heterocycles. The number of aromatic nitrogens is 2. The summed E-state index contributed by atoms with van der Waals surface area (Å²) < 4.78 is 2.30. The van der Waals surface area contributed by atoms with E-state index in [1.54, 1.807) is 0 Å². The van der Waals surface area contributed by atoms with Gasteiger partial charge in [-0.2, -0.15) is 0 Å². The summed E-state index contributed by atoms with van der Waals surface area (Å²) in [6.45, 7) is 2.18. The molecule has 2 heteroatoms. The fourth-order valence-corrected chi connectivity index (χ4v) is 8.99. The van der Waals surface area contributed by atoms with Gasteiger partial charge in [0, 0.05) is 12.1 Å². The molecule has 0 fully saturated rings. The first-order valence-electron chi connectivity index (χ1n) is 18.5. The predicted octanol–water partition coefficient (Wildman–Crippen LogP) is 13.7. The Balaban J connectivity index is 1.19. The lowest BCUT2D eigenvalue weighted by atomic mass is 9.83. The van der Waals surface area contributed by atoms with Crippen LogP contribution in [0.5, 0.6) is 0 Å². The zero-order valence-corrected chi connectivity index (χ0v) is 29.3. The van der Waals surface area contributed by atoms with Crippen LogP contribution in [-0.4, -0.2) is 9.55 Å². The van der Waals surface area contributed by atoms with Crippen molar-refractivity contribution in [3.8, 4) is 61.3 Å². The third-order valence-electron chi connectivity index (χ3n) is 11.3. The lowest BCUT2D eigenvalue weighted by Gasteiger charge is -2.20. The number of aryl methyl sites for hydroxylation is 1. The normalized spacial score (nSPS) is 11.9. The third kappa shape index (κ3) is 4.42. The molecule has 0 unspecified atom stereocenters. The summed E-state index contributed by atoms with van der Waals surface area (Å²) >= 11 is 0. The lowest BCUT2D eigenvalue weighted by Crippen LogP contribution is -2.00. The first kappa shape index (κ1) is 29.9. The Morgan fingerprint density at radius 2 is 1.02 bits per heavy atom. The molecule has 248 valence electrons. The minimum absolute atomic E-state index is 0.861. The Hall–Kier alpha value is -6.77. The molecule has 0 spiro atoms. The van der Waals surface area contributed by atoms with E-state index < -0.39 is 0 Å². The average Bonchev–Trinajstić information content (AvgIpc) is 3.77. The monoisotopic (exact) mass is 674 g/mol. The van der Waals surface area contributed by atoms with Gasteiger partial charge in [0.2, 0.25) is 0 Å². The topological polar surface area (TPSA) is 17.8 Å². The minimum atomic E-state index is 0.861. The van der Waals surface area contributed by atoms with Crippen LogP contribution in [0.25, 0.3) is 105 Å². The molecule has 0 radical (unpaired) electrons. The first-order chi connectivity index (χ1) is 26.3. The molecule has 2 nitrogen and oxygen atoms in total. The van der Waals surface area contributed by atoms with Gasteiger partial charge < -0.3 is 0 Å². The molecule has 53 heavy (non-hydrogen) atoms. The summed E-state index contributed by atoms with van der Waals surface area (Å²) in [5.74, 6) is 1.07.